The Bertz CT molecular complexity index is 595. The van der Waals surface area contributed by atoms with Crippen LogP contribution in [0.2, 0.25) is 0 Å². The third kappa shape index (κ3) is 3.02. The molecule has 0 radical (unpaired) electrons. The van der Waals surface area contributed by atoms with Crippen LogP contribution in [0.1, 0.15) is 21.5 Å². The molecule has 0 amide bonds. The number of hydrogen-bond acceptors (Lipinski definition) is 1. The highest BCUT2D eigenvalue weighted by atomic mass is 19.1. The molecule has 2 rings (SSSR count). The molecule has 0 N–H and O–H groups in total. The van der Waals surface area contributed by atoms with Crippen molar-refractivity contribution in [3.63, 3.8) is 0 Å². The van der Waals surface area contributed by atoms with Crippen LogP contribution in [0.5, 0.6) is 0 Å². The number of carbonyl (C=O) groups is 1. The highest BCUT2D eigenvalue weighted by Gasteiger charge is 2.19. The minimum Gasteiger partial charge on any atom is -0.294 e. The average molecular weight is 264 g/mol. The monoisotopic (exact) mass is 264 g/mol. The maximum atomic E-state index is 13.4. The molecule has 0 saturated heterocycles. The fourth-order valence-corrected chi connectivity index (χ4v) is 1.79. The fraction of sp³-hybridized carbons (Fsp3) is 0.133. The molecule has 0 atom stereocenters. The minimum atomic E-state index is -1.17. The van der Waals surface area contributed by atoms with E-state index in [2.05, 4.69) is 0 Å². The third-order valence-electron chi connectivity index (χ3n) is 2.77. The summed E-state index contributed by atoms with van der Waals surface area (Å²) in [6, 6.07) is 8.05. The molecular formula is C15H11F3O. The maximum Gasteiger partial charge on any atom is 0.173 e. The lowest BCUT2D eigenvalue weighted by atomic mass is 10.0. The Kier molecular flexibility index (Phi) is 3.69. The normalized spacial score (nSPS) is 10.5. The first-order valence-electron chi connectivity index (χ1n) is 5.70. The van der Waals surface area contributed by atoms with Gasteiger partial charge in [-0.05, 0) is 12.5 Å². The van der Waals surface area contributed by atoms with Gasteiger partial charge >= 0.3 is 0 Å². The molecule has 1 nitrogen and oxygen atoms in total. The maximum absolute atomic E-state index is 13.4. The molecule has 0 unspecified atom stereocenters. The molecule has 0 aromatic heterocycles. The summed E-state index contributed by atoms with van der Waals surface area (Å²) in [5.74, 6) is -4.09. The number of benzene rings is 2. The number of halogens is 3. The molecule has 98 valence electrons. The zero-order valence-electron chi connectivity index (χ0n) is 10.2. The van der Waals surface area contributed by atoms with Crippen molar-refractivity contribution in [3.05, 3.63) is 70.5 Å². The van der Waals surface area contributed by atoms with Crippen molar-refractivity contribution in [3.8, 4) is 0 Å². The molecule has 4 heteroatoms. The van der Waals surface area contributed by atoms with Gasteiger partial charge in [0.25, 0.3) is 0 Å². The molecule has 0 aliphatic carbocycles. The lowest BCUT2D eigenvalue weighted by Crippen LogP contribution is -2.09. The molecule has 2 aromatic rings. The van der Waals surface area contributed by atoms with E-state index in [0.717, 1.165) is 5.56 Å². The van der Waals surface area contributed by atoms with E-state index in [9.17, 15) is 18.0 Å². The quantitative estimate of drug-likeness (QED) is 0.770. The zero-order chi connectivity index (χ0) is 14.0. The van der Waals surface area contributed by atoms with E-state index in [4.69, 9.17) is 0 Å². The zero-order valence-corrected chi connectivity index (χ0v) is 10.2. The lowest BCUT2D eigenvalue weighted by Gasteiger charge is -2.05. The fourth-order valence-electron chi connectivity index (χ4n) is 1.79. The molecule has 19 heavy (non-hydrogen) atoms. The van der Waals surface area contributed by atoms with Crippen LogP contribution < -0.4 is 0 Å². The van der Waals surface area contributed by atoms with Gasteiger partial charge in [0, 0.05) is 18.6 Å². The third-order valence-corrected chi connectivity index (χ3v) is 2.77. The van der Waals surface area contributed by atoms with Crippen LogP contribution in [0.4, 0.5) is 13.2 Å². The Morgan fingerprint density at radius 1 is 1.00 bits per heavy atom. The number of rotatable bonds is 3. The summed E-state index contributed by atoms with van der Waals surface area (Å²) < 4.78 is 39.6. The molecule has 0 aliphatic rings. The Labute approximate surface area is 108 Å². The van der Waals surface area contributed by atoms with Crippen molar-refractivity contribution in [2.45, 2.75) is 13.3 Å². The van der Waals surface area contributed by atoms with Gasteiger partial charge in [0.1, 0.15) is 17.5 Å². The second-order valence-corrected chi connectivity index (χ2v) is 4.33. The topological polar surface area (TPSA) is 17.1 Å². The number of aryl methyl sites for hydroxylation is 1. The highest BCUT2D eigenvalue weighted by molar-refractivity contribution is 5.98. The first kappa shape index (κ1) is 13.3. The van der Waals surface area contributed by atoms with Gasteiger partial charge in [-0.15, -0.1) is 0 Å². The first-order chi connectivity index (χ1) is 8.97. The van der Waals surface area contributed by atoms with Crippen LogP contribution in [0.3, 0.4) is 0 Å². The number of ketones is 1. The predicted octanol–water partition coefficient (Wildman–Crippen LogP) is 3.84. The molecule has 2 aromatic carbocycles. The number of carbonyl (C=O) groups excluding carboxylic acids is 1. The van der Waals surface area contributed by atoms with E-state index in [0.29, 0.717) is 17.7 Å². The molecule has 0 fully saturated rings. The predicted molar refractivity (Wildman–Crippen MR) is 65.5 cm³/mol. The summed E-state index contributed by atoms with van der Waals surface area (Å²) in [6.45, 7) is 1.89. The van der Waals surface area contributed by atoms with Gasteiger partial charge in [-0.1, -0.05) is 29.8 Å². The molecular weight excluding hydrogens is 253 g/mol. The smallest absolute Gasteiger partial charge is 0.173 e. The van der Waals surface area contributed by atoms with Gasteiger partial charge in [-0.25, -0.2) is 13.2 Å². The van der Waals surface area contributed by atoms with Crippen LogP contribution >= 0.6 is 0 Å². The van der Waals surface area contributed by atoms with Gasteiger partial charge in [-0.3, -0.25) is 4.79 Å². The van der Waals surface area contributed by atoms with E-state index in [1.807, 2.05) is 6.92 Å². The Balaban J connectivity index is 2.28. The van der Waals surface area contributed by atoms with Crippen LogP contribution in [-0.4, -0.2) is 5.78 Å². The van der Waals surface area contributed by atoms with Gasteiger partial charge < -0.3 is 0 Å². The molecule has 0 bridgehead atoms. The van der Waals surface area contributed by atoms with Crippen molar-refractivity contribution in [2.24, 2.45) is 0 Å². The number of hydrogen-bond donors (Lipinski definition) is 0. The van der Waals surface area contributed by atoms with Gasteiger partial charge in [0.15, 0.2) is 5.78 Å². The van der Waals surface area contributed by atoms with Gasteiger partial charge in [0.2, 0.25) is 0 Å². The number of Topliss-reactive ketones (excluding diaryl/α,β-unsaturated/α-hetero) is 1. The van der Waals surface area contributed by atoms with Crippen LogP contribution in [-0.2, 0) is 6.42 Å². The average Bonchev–Trinajstić information content (AvgIpc) is 2.30. The minimum absolute atomic E-state index is 0.125. The van der Waals surface area contributed by atoms with Crippen molar-refractivity contribution in [1.29, 1.82) is 0 Å². The van der Waals surface area contributed by atoms with E-state index >= 15 is 0 Å². The van der Waals surface area contributed by atoms with E-state index < -0.39 is 28.8 Å². The van der Waals surface area contributed by atoms with Crippen LogP contribution in [0.15, 0.2) is 36.4 Å². The summed E-state index contributed by atoms with van der Waals surface area (Å²) >= 11 is 0. The lowest BCUT2D eigenvalue weighted by molar-refractivity contribution is 0.0984. The van der Waals surface area contributed by atoms with Crippen molar-refractivity contribution in [2.75, 3.05) is 0 Å². The summed E-state index contributed by atoms with van der Waals surface area (Å²) in [4.78, 5) is 11.8. The van der Waals surface area contributed by atoms with E-state index in [1.165, 1.54) is 0 Å². The Morgan fingerprint density at radius 2 is 1.53 bits per heavy atom. The Morgan fingerprint density at radius 3 is 2.05 bits per heavy atom. The van der Waals surface area contributed by atoms with Gasteiger partial charge in [-0.2, -0.15) is 0 Å². The SMILES string of the molecule is Cc1ccc(CC(=O)c2c(F)cc(F)cc2F)cc1. The second-order valence-electron chi connectivity index (χ2n) is 4.33. The summed E-state index contributed by atoms with van der Waals surface area (Å²) in [5.41, 5.74) is 0.982. The second kappa shape index (κ2) is 5.26. The largest absolute Gasteiger partial charge is 0.294 e. The molecule has 0 heterocycles. The summed E-state index contributed by atoms with van der Waals surface area (Å²) in [6.07, 6.45) is -0.125. The summed E-state index contributed by atoms with van der Waals surface area (Å²) in [5, 5.41) is 0. The summed E-state index contributed by atoms with van der Waals surface area (Å²) in [7, 11) is 0. The van der Waals surface area contributed by atoms with Crippen molar-refractivity contribution in [1.82, 2.24) is 0 Å². The van der Waals surface area contributed by atoms with Crippen LogP contribution in [0.25, 0.3) is 0 Å². The van der Waals surface area contributed by atoms with Crippen LogP contribution in [0, 0.1) is 24.4 Å². The van der Waals surface area contributed by atoms with Gasteiger partial charge in [0.05, 0.1) is 5.56 Å². The van der Waals surface area contributed by atoms with E-state index in [1.54, 1.807) is 24.3 Å². The van der Waals surface area contributed by atoms with Crippen molar-refractivity contribution < 1.29 is 18.0 Å². The molecule has 0 spiro atoms. The first-order valence-corrected chi connectivity index (χ1v) is 5.70. The van der Waals surface area contributed by atoms with Crippen molar-refractivity contribution >= 4 is 5.78 Å². The highest BCUT2D eigenvalue weighted by Crippen LogP contribution is 2.17. The molecule has 0 saturated carbocycles. The standard InChI is InChI=1S/C15H11F3O/c1-9-2-4-10(5-3-9)6-14(19)15-12(17)7-11(16)8-13(15)18/h2-5,7-8H,6H2,1H3. The van der Waals surface area contributed by atoms with E-state index in [-0.39, 0.29) is 6.42 Å². The molecule has 0 aliphatic heterocycles. The Hall–Kier alpha value is -2.10.